The number of carbonyl (C=O) groups is 1. The molecule has 0 bridgehead atoms. The van der Waals surface area contributed by atoms with E-state index in [0.29, 0.717) is 19.4 Å². The minimum atomic E-state index is -0.00423. The molecule has 1 saturated heterocycles. The van der Waals surface area contributed by atoms with Crippen molar-refractivity contribution in [1.29, 1.82) is 0 Å². The van der Waals surface area contributed by atoms with Gasteiger partial charge in [0.05, 0.1) is 19.8 Å². The lowest BCUT2D eigenvalue weighted by molar-refractivity contribution is -0.121. The predicted octanol–water partition coefficient (Wildman–Crippen LogP) is 4.97. The van der Waals surface area contributed by atoms with E-state index in [0.717, 1.165) is 36.1 Å². The van der Waals surface area contributed by atoms with Crippen LogP contribution in [0, 0.1) is 5.92 Å². The van der Waals surface area contributed by atoms with E-state index in [-0.39, 0.29) is 11.9 Å². The molecule has 5 heteroatoms. The maximum absolute atomic E-state index is 12.3. The van der Waals surface area contributed by atoms with Crippen molar-refractivity contribution < 1.29 is 14.3 Å². The normalized spacial score (nSPS) is 15.5. The van der Waals surface area contributed by atoms with Gasteiger partial charge in [0.25, 0.3) is 0 Å². The van der Waals surface area contributed by atoms with Crippen molar-refractivity contribution in [3.63, 3.8) is 0 Å². The van der Waals surface area contributed by atoms with E-state index in [1.807, 2.05) is 31.2 Å². The highest BCUT2D eigenvalue weighted by Crippen LogP contribution is 2.24. The molecule has 1 fully saturated rings. The number of hydrogen-bond acceptors (Lipinski definition) is 4. The molecule has 5 nitrogen and oxygen atoms in total. The Hall–Kier alpha value is -2.69. The van der Waals surface area contributed by atoms with Crippen molar-refractivity contribution in [2.75, 3.05) is 31.7 Å². The third-order valence-corrected chi connectivity index (χ3v) is 5.80. The molecule has 1 atom stereocenters. The van der Waals surface area contributed by atoms with Gasteiger partial charge in [-0.15, -0.1) is 0 Å². The number of nitrogens with zero attached hydrogens (tertiary/aromatic N) is 1. The maximum atomic E-state index is 12.3. The van der Waals surface area contributed by atoms with Crippen molar-refractivity contribution in [1.82, 2.24) is 5.32 Å². The van der Waals surface area contributed by atoms with E-state index in [1.165, 1.54) is 18.5 Å². The zero-order valence-corrected chi connectivity index (χ0v) is 18.4. The molecule has 2 aromatic carbocycles. The molecule has 1 aliphatic rings. The highest BCUT2D eigenvalue weighted by atomic mass is 16.5. The first-order valence-electron chi connectivity index (χ1n) is 11.0. The van der Waals surface area contributed by atoms with E-state index in [9.17, 15) is 4.79 Å². The van der Waals surface area contributed by atoms with E-state index >= 15 is 0 Å². The van der Waals surface area contributed by atoms with Crippen molar-refractivity contribution in [2.45, 2.75) is 45.6 Å². The average molecular weight is 411 g/mol. The Labute approximate surface area is 180 Å². The zero-order chi connectivity index (χ0) is 21.3. The number of benzene rings is 2. The quantitative estimate of drug-likeness (QED) is 0.593. The minimum absolute atomic E-state index is 0.00423. The largest absolute Gasteiger partial charge is 0.497 e. The van der Waals surface area contributed by atoms with Crippen molar-refractivity contribution in [3.05, 3.63) is 54.1 Å². The highest BCUT2D eigenvalue weighted by Gasteiger charge is 2.16. The smallest absolute Gasteiger partial charge is 0.220 e. The number of methoxy groups -OCH3 is 1. The van der Waals surface area contributed by atoms with Gasteiger partial charge in [-0.2, -0.15) is 0 Å². The SMILES string of the molecule is COc1ccc(OCCCC(=O)N[C@@H](C)c2ccc(N3CCC(C)CC3)cc2)cc1. The highest BCUT2D eigenvalue weighted by molar-refractivity contribution is 5.76. The zero-order valence-electron chi connectivity index (χ0n) is 18.4. The summed E-state index contributed by atoms with van der Waals surface area (Å²) < 4.78 is 10.8. The number of rotatable bonds is 9. The van der Waals surface area contributed by atoms with Gasteiger partial charge in [-0.3, -0.25) is 4.79 Å². The Morgan fingerprint density at radius 2 is 1.70 bits per heavy atom. The molecule has 3 rings (SSSR count). The minimum Gasteiger partial charge on any atom is -0.497 e. The number of ether oxygens (including phenoxy) is 2. The molecule has 1 heterocycles. The van der Waals surface area contributed by atoms with E-state index in [4.69, 9.17) is 9.47 Å². The fourth-order valence-electron chi connectivity index (χ4n) is 3.73. The summed E-state index contributed by atoms with van der Waals surface area (Å²) in [5.74, 6) is 2.47. The molecule has 0 saturated carbocycles. The van der Waals surface area contributed by atoms with Gasteiger partial charge in [0.15, 0.2) is 0 Å². The summed E-state index contributed by atoms with van der Waals surface area (Å²) in [6, 6.07) is 16.1. The molecule has 1 aliphatic heterocycles. The summed E-state index contributed by atoms with van der Waals surface area (Å²) in [7, 11) is 1.64. The lowest BCUT2D eigenvalue weighted by atomic mass is 9.98. The summed E-state index contributed by atoms with van der Waals surface area (Å²) in [5.41, 5.74) is 2.41. The standard InChI is InChI=1S/C25H34N2O3/c1-19-14-16-27(17-15-19)22-8-6-21(7-9-22)20(2)26-25(28)5-4-18-30-24-12-10-23(29-3)11-13-24/h6-13,19-20H,4-5,14-18H2,1-3H3,(H,26,28)/t20-/m0/s1. The topological polar surface area (TPSA) is 50.8 Å². The number of nitrogens with one attached hydrogen (secondary N) is 1. The van der Waals surface area contributed by atoms with Gasteiger partial charge in [-0.05, 0) is 74.1 Å². The second-order valence-electron chi connectivity index (χ2n) is 8.18. The Bertz CT molecular complexity index is 781. The number of amides is 1. The van der Waals surface area contributed by atoms with Crippen LogP contribution in [-0.2, 0) is 4.79 Å². The van der Waals surface area contributed by atoms with Crippen LogP contribution < -0.4 is 19.7 Å². The second-order valence-corrected chi connectivity index (χ2v) is 8.18. The van der Waals surface area contributed by atoms with E-state index < -0.39 is 0 Å². The second kappa shape index (κ2) is 10.9. The summed E-state index contributed by atoms with van der Waals surface area (Å²) in [4.78, 5) is 14.7. The molecule has 30 heavy (non-hydrogen) atoms. The van der Waals surface area contributed by atoms with Crippen molar-refractivity contribution in [2.24, 2.45) is 5.92 Å². The van der Waals surface area contributed by atoms with Crippen LogP contribution in [-0.4, -0.2) is 32.7 Å². The van der Waals surface area contributed by atoms with Gasteiger partial charge in [0, 0.05) is 25.2 Å². The molecule has 0 aliphatic carbocycles. The first-order chi connectivity index (χ1) is 14.5. The Kier molecular flexibility index (Phi) is 8.00. The van der Waals surface area contributed by atoms with Crippen LogP contribution in [0.25, 0.3) is 0 Å². The van der Waals surface area contributed by atoms with Gasteiger partial charge in [0.2, 0.25) is 5.91 Å². The lowest BCUT2D eigenvalue weighted by Gasteiger charge is -2.32. The molecular formula is C25H34N2O3. The van der Waals surface area contributed by atoms with Gasteiger partial charge in [0.1, 0.15) is 11.5 Å². The molecule has 0 unspecified atom stereocenters. The van der Waals surface area contributed by atoms with Crippen molar-refractivity contribution in [3.8, 4) is 11.5 Å². The third kappa shape index (κ3) is 6.41. The van der Waals surface area contributed by atoms with Crippen LogP contribution in [0.1, 0.15) is 51.1 Å². The van der Waals surface area contributed by atoms with Crippen LogP contribution in [0.4, 0.5) is 5.69 Å². The maximum Gasteiger partial charge on any atom is 0.220 e. The average Bonchev–Trinajstić information content (AvgIpc) is 2.78. The van der Waals surface area contributed by atoms with Crippen LogP contribution in [0.5, 0.6) is 11.5 Å². The summed E-state index contributed by atoms with van der Waals surface area (Å²) in [6.45, 7) is 7.13. The van der Waals surface area contributed by atoms with Crippen LogP contribution in [0.3, 0.4) is 0 Å². The molecule has 1 amide bonds. The van der Waals surface area contributed by atoms with E-state index in [1.54, 1.807) is 7.11 Å². The van der Waals surface area contributed by atoms with E-state index in [2.05, 4.69) is 41.4 Å². The summed E-state index contributed by atoms with van der Waals surface area (Å²) in [5, 5.41) is 3.09. The first-order valence-corrected chi connectivity index (χ1v) is 11.0. The lowest BCUT2D eigenvalue weighted by Crippen LogP contribution is -2.32. The van der Waals surface area contributed by atoms with Gasteiger partial charge < -0.3 is 19.7 Å². The molecule has 2 aromatic rings. The van der Waals surface area contributed by atoms with Crippen molar-refractivity contribution >= 4 is 11.6 Å². The Morgan fingerprint density at radius 3 is 2.33 bits per heavy atom. The fraction of sp³-hybridized carbons (Fsp3) is 0.480. The summed E-state index contributed by atoms with van der Waals surface area (Å²) in [6.07, 6.45) is 3.65. The fourth-order valence-corrected chi connectivity index (χ4v) is 3.73. The van der Waals surface area contributed by atoms with Gasteiger partial charge >= 0.3 is 0 Å². The Balaban J connectivity index is 1.38. The van der Waals surface area contributed by atoms with Crippen LogP contribution >= 0.6 is 0 Å². The summed E-state index contributed by atoms with van der Waals surface area (Å²) >= 11 is 0. The molecule has 1 N–H and O–H groups in total. The van der Waals surface area contributed by atoms with Gasteiger partial charge in [-0.25, -0.2) is 0 Å². The number of hydrogen-bond donors (Lipinski definition) is 1. The monoisotopic (exact) mass is 410 g/mol. The Morgan fingerprint density at radius 1 is 1.07 bits per heavy atom. The molecular weight excluding hydrogens is 376 g/mol. The molecule has 0 radical (unpaired) electrons. The number of carbonyl (C=O) groups excluding carboxylic acids is 1. The third-order valence-electron chi connectivity index (χ3n) is 5.80. The van der Waals surface area contributed by atoms with Gasteiger partial charge in [-0.1, -0.05) is 19.1 Å². The molecule has 0 spiro atoms. The van der Waals surface area contributed by atoms with Crippen LogP contribution in [0.2, 0.25) is 0 Å². The number of anilines is 1. The van der Waals surface area contributed by atoms with Crippen LogP contribution in [0.15, 0.2) is 48.5 Å². The molecule has 0 aromatic heterocycles. The first kappa shape index (κ1) is 22.0. The predicted molar refractivity (Wildman–Crippen MR) is 121 cm³/mol. The molecule has 162 valence electrons. The number of piperidine rings is 1.